The van der Waals surface area contributed by atoms with Crippen molar-refractivity contribution in [3.63, 3.8) is 0 Å². The molecule has 3 aromatic rings. The number of hydrogen-bond acceptors (Lipinski definition) is 29. The number of Topliss-reactive ketones (excluding diaryl/α,β-unsaturated/α-hetero) is 3. The van der Waals surface area contributed by atoms with Crippen LogP contribution in [0.2, 0.25) is 0 Å². The number of primary amides is 3. The van der Waals surface area contributed by atoms with Gasteiger partial charge >= 0.3 is 36.0 Å². The summed E-state index contributed by atoms with van der Waals surface area (Å²) in [7, 11) is -4.78. The highest BCUT2D eigenvalue weighted by Gasteiger charge is 2.38. The molecule has 0 spiro atoms. The van der Waals surface area contributed by atoms with E-state index in [0.717, 1.165) is 50.1 Å². The fourth-order valence-electron chi connectivity index (χ4n) is 14.2. The lowest BCUT2D eigenvalue weighted by Crippen LogP contribution is -2.55. The number of benzene rings is 3. The fourth-order valence-corrected chi connectivity index (χ4v) is 14.8. The van der Waals surface area contributed by atoms with Crippen molar-refractivity contribution in [1.29, 1.82) is 0 Å². The fraction of sp³-hybridized carbons (Fsp3) is 0.545. The van der Waals surface area contributed by atoms with Gasteiger partial charge in [0, 0.05) is 123 Å². The number of ketones is 3. The molecule has 0 saturated carbocycles. The van der Waals surface area contributed by atoms with Gasteiger partial charge in [-0.15, -0.1) is 0 Å². The lowest BCUT2D eigenvalue weighted by molar-refractivity contribution is -0.155. The monoisotopic (exact) mass is 2090 g/mol. The number of rotatable bonds is 59. The quantitative estimate of drug-likeness (QED) is 0.0111. The largest absolute Gasteiger partial charge is 0.460 e. The predicted octanol–water partition coefficient (Wildman–Crippen LogP) is 5.38. The molecule has 0 radical (unpaired) electrons. The molecule has 47 heteroatoms. The molecule has 6 rings (SSSR count). The van der Waals surface area contributed by atoms with E-state index in [4.69, 9.17) is 40.9 Å². The molecule has 3 aliphatic rings. The molecule has 17 N–H and O–H groups in total. The third kappa shape index (κ3) is 48.3. The van der Waals surface area contributed by atoms with E-state index in [1.165, 1.54) is 12.2 Å². The molecule has 19 amide bonds. The number of anilines is 3. The van der Waals surface area contributed by atoms with Crippen LogP contribution in [0.1, 0.15) is 204 Å². The minimum Gasteiger partial charge on any atom is -0.460 e. The van der Waals surface area contributed by atoms with Crippen LogP contribution in [-0.4, -0.2) is 253 Å². The van der Waals surface area contributed by atoms with Crippen LogP contribution in [0, 0.1) is 51.8 Å². The van der Waals surface area contributed by atoms with Gasteiger partial charge in [-0.2, -0.15) is 8.42 Å². The lowest BCUT2D eigenvalue weighted by atomic mass is 9.89. The molecule has 0 aromatic heterocycles. The van der Waals surface area contributed by atoms with E-state index in [1.807, 2.05) is 0 Å². The van der Waals surface area contributed by atoms with Gasteiger partial charge in [-0.25, -0.2) is 14.4 Å². The number of nitrogens with zero attached hydrogens (tertiary/aromatic N) is 3. The van der Waals surface area contributed by atoms with Crippen LogP contribution < -0.4 is 70.4 Å². The van der Waals surface area contributed by atoms with Crippen molar-refractivity contribution in [2.75, 3.05) is 87.4 Å². The number of hydrogen-bond donors (Lipinski definition) is 14. The zero-order chi connectivity index (χ0) is 111. The van der Waals surface area contributed by atoms with Gasteiger partial charge in [-0.05, 0) is 185 Å². The normalized spacial score (nSPS) is 14.3. The van der Waals surface area contributed by atoms with Crippen molar-refractivity contribution in [1.82, 2.24) is 51.9 Å². The number of carbonyl (C=O) groups excluding carboxylic acids is 22. The second kappa shape index (κ2) is 61.9. The molecule has 0 aliphatic carbocycles. The standard InChI is InChI=1S/C37H54N6O12S.C34H49N5O10.C30H41N5O8/c1-23(2)32(42-34(49)27(22-56(52,53)54)41-29(45)11-7-6-8-19-43-30(46)16-17-31(43)47)28(44)20-25(10-9-18-39-36(38)51)33(48)40-26-14-12-24(13-15-26)21-55-35(50)37(3,4)5;1-22(2)30(38-27(41)21-48-18-17-47-16-15-39-28(42)12-13-29(39)43)26(40)19-24(7-6-14-36-33(35)46)31(44)37-25-10-8-23(9-11-25)20-49-32(45)34(3,4)5;1-18(2)26(34-23(37)16-35-24(38)12-13-25(35)39)22(36)15-20(7-6-14-32-29(31)42)27(40)33-21-10-8-19(9-11-21)17-43-28(41)30(3,4)5/h12-17,23,25,27,32H,6-11,18-22H2,1-5H3,(H,40,48)(H,41,45)(H,42,49)(H3,38,39,51)(H,52,53,54);8-13,22,24,30H,6-7,14-21H2,1-5H3,(H,37,44)(H,38,41)(H3,35,36,46);8-13,18,20,26H,6-7,14-17H2,1-5H3,(H,33,40)(H,34,37)(H3,31,32,42)/t25-,27+,32+;24-,30+;20-,26+/m111/s1. The number of urea groups is 3. The first-order valence-electron chi connectivity index (χ1n) is 48.5. The molecule has 3 aliphatic heterocycles. The maximum atomic E-state index is 13.7. The van der Waals surface area contributed by atoms with E-state index in [2.05, 4.69) is 53.2 Å². The number of carbonyl (C=O) groups is 22. The predicted molar refractivity (Wildman–Crippen MR) is 539 cm³/mol. The molecule has 0 saturated heterocycles. The summed E-state index contributed by atoms with van der Waals surface area (Å²) in [6.07, 6.45) is 8.67. The van der Waals surface area contributed by atoms with E-state index in [1.54, 1.807) is 177 Å². The van der Waals surface area contributed by atoms with E-state index < -0.39 is 193 Å². The highest BCUT2D eigenvalue weighted by molar-refractivity contribution is 7.85. The Balaban J connectivity index is 0.000000466. The van der Waals surface area contributed by atoms with E-state index >= 15 is 0 Å². The van der Waals surface area contributed by atoms with Crippen LogP contribution in [0.5, 0.6) is 0 Å². The zero-order valence-corrected chi connectivity index (χ0v) is 87.3. The van der Waals surface area contributed by atoms with Crippen LogP contribution in [-0.2, 0) is 145 Å². The third-order valence-electron chi connectivity index (χ3n) is 22.5. The van der Waals surface area contributed by atoms with Gasteiger partial charge in [0.1, 0.15) is 44.8 Å². The second-order valence-corrected chi connectivity index (χ2v) is 41.0. The first-order chi connectivity index (χ1) is 69.2. The number of esters is 3. The van der Waals surface area contributed by atoms with Gasteiger partial charge in [0.05, 0.1) is 60.7 Å². The number of unbranched alkanes of at least 4 members (excludes halogenated alkanes) is 2. The highest BCUT2D eigenvalue weighted by atomic mass is 32.2. The Hall–Kier alpha value is -14.4. The first kappa shape index (κ1) is 126. The van der Waals surface area contributed by atoms with Crippen molar-refractivity contribution >= 4 is 157 Å². The highest BCUT2D eigenvalue weighted by Crippen LogP contribution is 2.27. The minimum absolute atomic E-state index is 0.0245. The Kier molecular flexibility index (Phi) is 52.7. The van der Waals surface area contributed by atoms with Crippen molar-refractivity contribution < 1.29 is 142 Å². The Morgan fingerprint density at radius 2 is 0.676 bits per heavy atom. The molecule has 46 nitrogen and oxygen atoms in total. The Bertz CT molecular complexity index is 5320. The van der Waals surface area contributed by atoms with Crippen molar-refractivity contribution in [3.8, 4) is 0 Å². The summed E-state index contributed by atoms with van der Waals surface area (Å²) in [5.74, 6) is -14.5. The maximum absolute atomic E-state index is 13.7. The molecular formula is C101H144N16O30S. The summed E-state index contributed by atoms with van der Waals surface area (Å²) in [6.45, 7) is 26.4. The third-order valence-corrected chi connectivity index (χ3v) is 23.3. The summed E-state index contributed by atoms with van der Waals surface area (Å²) in [5.41, 5.74) is 16.9. The van der Waals surface area contributed by atoms with Gasteiger partial charge in [-0.1, -0.05) is 84.4 Å². The average Bonchev–Trinajstić information content (AvgIpc) is 1.21. The smallest absolute Gasteiger partial charge is 0.312 e. The number of imide groups is 3. The minimum atomic E-state index is -4.78. The molecule has 3 aromatic carbocycles. The average molecular weight is 2090 g/mol. The van der Waals surface area contributed by atoms with E-state index in [-0.39, 0.29) is 172 Å². The van der Waals surface area contributed by atoms with Crippen molar-refractivity contribution in [3.05, 3.63) is 126 Å². The summed E-state index contributed by atoms with van der Waals surface area (Å²) in [6, 6.07) is 13.0. The van der Waals surface area contributed by atoms with Gasteiger partial charge in [0.25, 0.3) is 45.6 Å². The summed E-state index contributed by atoms with van der Waals surface area (Å²) < 4.78 is 59.8. The van der Waals surface area contributed by atoms with Gasteiger partial charge in [-0.3, -0.25) is 110 Å². The number of nitrogens with one attached hydrogen (secondary N) is 10. The molecule has 7 atom stereocenters. The molecule has 0 bridgehead atoms. The molecule has 0 unspecified atom stereocenters. The van der Waals surface area contributed by atoms with Crippen LogP contribution in [0.25, 0.3) is 0 Å². The topological polar surface area (TPSA) is 684 Å². The lowest BCUT2D eigenvalue weighted by Gasteiger charge is -2.26. The van der Waals surface area contributed by atoms with Crippen molar-refractivity contribution in [2.24, 2.45) is 69.0 Å². The summed E-state index contributed by atoms with van der Waals surface area (Å²) >= 11 is 0. The molecule has 0 fully saturated rings. The summed E-state index contributed by atoms with van der Waals surface area (Å²) in [4.78, 5) is 274. The zero-order valence-electron chi connectivity index (χ0n) is 86.5. The van der Waals surface area contributed by atoms with Crippen LogP contribution in [0.15, 0.2) is 109 Å². The van der Waals surface area contributed by atoms with Crippen molar-refractivity contribution in [2.45, 2.75) is 231 Å². The maximum Gasteiger partial charge on any atom is 0.312 e. The number of amides is 19. The van der Waals surface area contributed by atoms with E-state index in [0.29, 0.717) is 48.3 Å². The van der Waals surface area contributed by atoms with Crippen LogP contribution in [0.4, 0.5) is 31.4 Å². The summed E-state index contributed by atoms with van der Waals surface area (Å²) in [5, 5.41) is 25.8. The second-order valence-electron chi connectivity index (χ2n) is 39.5. The number of nitrogens with two attached hydrogens (primary N) is 3. The Morgan fingerprint density at radius 1 is 0.365 bits per heavy atom. The van der Waals surface area contributed by atoms with Gasteiger partial charge < -0.3 is 94.1 Å². The molecular weight excluding hydrogens is 1950 g/mol. The Morgan fingerprint density at radius 3 is 0.993 bits per heavy atom. The van der Waals surface area contributed by atoms with Crippen LogP contribution in [0.3, 0.4) is 0 Å². The molecule has 3 heterocycles. The number of ether oxygens (including phenoxy) is 5. The first-order valence-corrected chi connectivity index (χ1v) is 50.1. The Labute approximate surface area is 860 Å². The van der Waals surface area contributed by atoms with Crippen LogP contribution >= 0.6 is 0 Å². The SMILES string of the molecule is CC(C)[C@H](NC(=O)CN1C(=O)C=CC1=O)C(=O)C[C@@H](CCCNC(N)=O)C(=O)Nc1ccc(COC(=O)C(C)(C)C)cc1.CC(C)[C@H](NC(=O)COCCOCCN1C(=O)C=CC1=O)C(=O)C[C@@H](CCCNC(N)=O)C(=O)Nc1ccc(COC(=O)C(C)(C)C)cc1.CC(C)[C@H](NC(=O)[C@H](CS(=O)(=O)O)NC(=O)CCCCCN1C(=O)C=CC1=O)C(=O)C[C@@H](CCCNC(N)=O)C(=O)Nc1ccc(COC(=O)C(C)(C)C)cc1. The van der Waals surface area contributed by atoms with Gasteiger partial charge in [0.15, 0.2) is 17.3 Å². The van der Waals surface area contributed by atoms with E-state index in [9.17, 15) is 118 Å². The van der Waals surface area contributed by atoms with Gasteiger partial charge in [0.2, 0.25) is 41.4 Å². The molecule has 148 heavy (non-hydrogen) atoms. The molecule has 814 valence electrons.